The van der Waals surface area contributed by atoms with Crippen LogP contribution in [0.15, 0.2) is 30.3 Å². The van der Waals surface area contributed by atoms with Crippen molar-refractivity contribution in [2.75, 3.05) is 6.54 Å². The maximum atomic E-state index is 11.1. The Balaban J connectivity index is 2.15. The number of carbonyl (C=O) groups is 1. The quantitative estimate of drug-likeness (QED) is 0.708. The van der Waals surface area contributed by atoms with Gasteiger partial charge in [-0.15, -0.1) is 0 Å². The SMILES string of the molecule is CC(N)C(=O)NCCCc1ccccc1. The van der Waals surface area contributed by atoms with Gasteiger partial charge < -0.3 is 11.1 Å². The molecule has 1 aromatic rings. The third-order valence-corrected chi connectivity index (χ3v) is 2.20. The van der Waals surface area contributed by atoms with Crippen molar-refractivity contribution in [3.63, 3.8) is 0 Å². The fraction of sp³-hybridized carbons (Fsp3) is 0.417. The molecule has 0 aromatic heterocycles. The number of nitrogens with one attached hydrogen (secondary N) is 1. The van der Waals surface area contributed by atoms with Crippen LogP contribution in [-0.2, 0) is 11.2 Å². The molecule has 1 aromatic carbocycles. The Morgan fingerprint density at radius 1 is 1.40 bits per heavy atom. The van der Waals surface area contributed by atoms with Gasteiger partial charge in [0.25, 0.3) is 0 Å². The summed E-state index contributed by atoms with van der Waals surface area (Å²) in [6, 6.07) is 9.81. The first-order valence-corrected chi connectivity index (χ1v) is 5.27. The number of carbonyl (C=O) groups excluding carboxylic acids is 1. The molecule has 1 amide bonds. The third-order valence-electron chi connectivity index (χ3n) is 2.20. The van der Waals surface area contributed by atoms with E-state index in [0.29, 0.717) is 6.54 Å². The van der Waals surface area contributed by atoms with E-state index in [9.17, 15) is 4.79 Å². The maximum Gasteiger partial charge on any atom is 0.236 e. The molecule has 3 N–H and O–H groups in total. The van der Waals surface area contributed by atoms with E-state index in [-0.39, 0.29) is 5.91 Å². The van der Waals surface area contributed by atoms with Gasteiger partial charge in [-0.2, -0.15) is 0 Å². The summed E-state index contributed by atoms with van der Waals surface area (Å²) in [7, 11) is 0. The van der Waals surface area contributed by atoms with Crippen LogP contribution in [0.25, 0.3) is 0 Å². The molecule has 1 rings (SSSR count). The highest BCUT2D eigenvalue weighted by atomic mass is 16.2. The minimum absolute atomic E-state index is 0.0805. The monoisotopic (exact) mass is 206 g/mol. The second-order valence-corrected chi connectivity index (χ2v) is 3.67. The maximum absolute atomic E-state index is 11.1. The van der Waals surface area contributed by atoms with Gasteiger partial charge in [-0.05, 0) is 25.3 Å². The van der Waals surface area contributed by atoms with Crippen molar-refractivity contribution in [2.24, 2.45) is 5.73 Å². The van der Waals surface area contributed by atoms with Crippen LogP contribution in [0, 0.1) is 0 Å². The van der Waals surface area contributed by atoms with E-state index in [1.165, 1.54) is 5.56 Å². The van der Waals surface area contributed by atoms with E-state index in [1.807, 2.05) is 18.2 Å². The van der Waals surface area contributed by atoms with Gasteiger partial charge in [-0.25, -0.2) is 0 Å². The van der Waals surface area contributed by atoms with Gasteiger partial charge >= 0.3 is 0 Å². The predicted octanol–water partition coefficient (Wildman–Crippen LogP) is 1.08. The summed E-state index contributed by atoms with van der Waals surface area (Å²) < 4.78 is 0. The topological polar surface area (TPSA) is 55.1 Å². The number of nitrogens with two attached hydrogens (primary N) is 1. The van der Waals surface area contributed by atoms with Crippen LogP contribution in [0.3, 0.4) is 0 Å². The lowest BCUT2D eigenvalue weighted by Gasteiger charge is -2.07. The average molecular weight is 206 g/mol. The Morgan fingerprint density at radius 2 is 2.07 bits per heavy atom. The van der Waals surface area contributed by atoms with Crippen LogP contribution in [0.5, 0.6) is 0 Å². The average Bonchev–Trinajstić information content (AvgIpc) is 2.25. The minimum atomic E-state index is -0.415. The van der Waals surface area contributed by atoms with E-state index >= 15 is 0 Å². The van der Waals surface area contributed by atoms with Crippen LogP contribution in [0.2, 0.25) is 0 Å². The van der Waals surface area contributed by atoms with Crippen molar-refractivity contribution in [3.05, 3.63) is 35.9 Å². The van der Waals surface area contributed by atoms with Crippen LogP contribution < -0.4 is 11.1 Å². The fourth-order valence-electron chi connectivity index (χ4n) is 1.31. The highest BCUT2D eigenvalue weighted by molar-refractivity contribution is 5.80. The molecule has 15 heavy (non-hydrogen) atoms. The first-order chi connectivity index (χ1) is 7.20. The summed E-state index contributed by atoms with van der Waals surface area (Å²) in [4.78, 5) is 11.1. The van der Waals surface area contributed by atoms with Gasteiger partial charge in [0.2, 0.25) is 5.91 Å². The molecule has 0 aliphatic rings. The minimum Gasteiger partial charge on any atom is -0.355 e. The van der Waals surface area contributed by atoms with Crippen LogP contribution in [0.4, 0.5) is 0 Å². The molecule has 3 heteroatoms. The standard InChI is InChI=1S/C12H18N2O/c1-10(13)12(15)14-9-5-8-11-6-3-2-4-7-11/h2-4,6-7,10H,5,8-9,13H2,1H3,(H,14,15). The second-order valence-electron chi connectivity index (χ2n) is 3.67. The molecule has 0 aliphatic carbocycles. The first kappa shape index (κ1) is 11.7. The van der Waals surface area contributed by atoms with Gasteiger partial charge in [0.05, 0.1) is 6.04 Å². The molecular formula is C12H18N2O. The van der Waals surface area contributed by atoms with Crippen LogP contribution in [0.1, 0.15) is 18.9 Å². The molecule has 3 nitrogen and oxygen atoms in total. The number of aryl methyl sites for hydroxylation is 1. The summed E-state index contributed by atoms with van der Waals surface area (Å²) >= 11 is 0. The van der Waals surface area contributed by atoms with E-state index in [4.69, 9.17) is 5.73 Å². The lowest BCUT2D eigenvalue weighted by molar-refractivity contribution is -0.121. The molecular weight excluding hydrogens is 188 g/mol. The summed E-state index contributed by atoms with van der Waals surface area (Å²) in [6.07, 6.45) is 1.93. The van der Waals surface area contributed by atoms with Gasteiger partial charge in [0.1, 0.15) is 0 Å². The molecule has 0 bridgehead atoms. The van der Waals surface area contributed by atoms with E-state index in [1.54, 1.807) is 6.92 Å². The zero-order valence-corrected chi connectivity index (χ0v) is 9.07. The predicted molar refractivity (Wildman–Crippen MR) is 61.4 cm³/mol. The number of hydrogen-bond acceptors (Lipinski definition) is 2. The zero-order valence-electron chi connectivity index (χ0n) is 9.07. The van der Waals surface area contributed by atoms with E-state index in [2.05, 4.69) is 17.4 Å². The molecule has 0 saturated heterocycles. The highest BCUT2D eigenvalue weighted by Crippen LogP contribution is 2.01. The van der Waals surface area contributed by atoms with Crippen LogP contribution >= 0.6 is 0 Å². The molecule has 0 aliphatic heterocycles. The molecule has 82 valence electrons. The molecule has 0 heterocycles. The lowest BCUT2D eigenvalue weighted by atomic mass is 10.1. The Bertz CT molecular complexity index is 296. The number of benzene rings is 1. The van der Waals surface area contributed by atoms with Gasteiger partial charge in [0, 0.05) is 6.54 Å². The number of amides is 1. The van der Waals surface area contributed by atoms with Gasteiger partial charge in [0.15, 0.2) is 0 Å². The van der Waals surface area contributed by atoms with Crippen molar-refractivity contribution < 1.29 is 4.79 Å². The van der Waals surface area contributed by atoms with Gasteiger partial charge in [-0.1, -0.05) is 30.3 Å². The first-order valence-electron chi connectivity index (χ1n) is 5.27. The largest absolute Gasteiger partial charge is 0.355 e. The van der Waals surface area contributed by atoms with Crippen molar-refractivity contribution >= 4 is 5.91 Å². The smallest absolute Gasteiger partial charge is 0.236 e. The molecule has 0 saturated carbocycles. The number of hydrogen-bond donors (Lipinski definition) is 2. The van der Waals surface area contributed by atoms with E-state index in [0.717, 1.165) is 12.8 Å². The summed E-state index contributed by atoms with van der Waals surface area (Å²) in [5.41, 5.74) is 6.72. The van der Waals surface area contributed by atoms with Crippen molar-refractivity contribution in [1.29, 1.82) is 0 Å². The van der Waals surface area contributed by atoms with Crippen molar-refractivity contribution in [3.8, 4) is 0 Å². The fourth-order valence-corrected chi connectivity index (χ4v) is 1.31. The molecule has 0 fully saturated rings. The zero-order chi connectivity index (χ0) is 11.1. The second kappa shape index (κ2) is 6.19. The molecule has 1 atom stereocenters. The normalized spacial score (nSPS) is 12.1. The molecule has 1 unspecified atom stereocenters. The van der Waals surface area contributed by atoms with Gasteiger partial charge in [-0.3, -0.25) is 4.79 Å². The van der Waals surface area contributed by atoms with E-state index < -0.39 is 6.04 Å². The Morgan fingerprint density at radius 3 is 2.67 bits per heavy atom. The number of rotatable bonds is 5. The molecule has 0 spiro atoms. The Kier molecular flexibility index (Phi) is 4.84. The Labute approximate surface area is 90.7 Å². The summed E-state index contributed by atoms with van der Waals surface area (Å²) in [5.74, 6) is -0.0805. The van der Waals surface area contributed by atoms with Crippen molar-refractivity contribution in [1.82, 2.24) is 5.32 Å². The highest BCUT2D eigenvalue weighted by Gasteiger charge is 2.04. The molecule has 0 radical (unpaired) electrons. The summed E-state index contributed by atoms with van der Waals surface area (Å²) in [6.45, 7) is 2.38. The third kappa shape index (κ3) is 4.61. The Hall–Kier alpha value is -1.35. The van der Waals surface area contributed by atoms with Crippen LogP contribution in [-0.4, -0.2) is 18.5 Å². The lowest BCUT2D eigenvalue weighted by Crippen LogP contribution is -2.38. The summed E-state index contributed by atoms with van der Waals surface area (Å²) in [5, 5.41) is 2.79. The van der Waals surface area contributed by atoms with Crippen molar-refractivity contribution in [2.45, 2.75) is 25.8 Å².